The number of aromatic hydroxyl groups is 1. The molecule has 2 atom stereocenters. The van der Waals surface area contributed by atoms with Gasteiger partial charge in [-0.25, -0.2) is 0 Å². The van der Waals surface area contributed by atoms with Gasteiger partial charge >= 0.3 is 0 Å². The lowest BCUT2D eigenvalue weighted by Gasteiger charge is -2.17. The van der Waals surface area contributed by atoms with Gasteiger partial charge < -0.3 is 14.4 Å². The Hall–Kier alpha value is -2.23. The van der Waals surface area contributed by atoms with Crippen LogP contribution >= 0.6 is 0 Å². The molecule has 0 radical (unpaired) electrons. The monoisotopic (exact) mass is 271 g/mol. The van der Waals surface area contributed by atoms with E-state index in [1.807, 2.05) is 18.2 Å². The largest absolute Gasteiger partial charge is 0.508 e. The molecule has 1 heterocycles. The van der Waals surface area contributed by atoms with Gasteiger partial charge in [0.2, 0.25) is 5.91 Å². The number of amides is 1. The third-order valence-electron chi connectivity index (χ3n) is 3.72. The highest BCUT2D eigenvalue weighted by Gasteiger charge is 2.46. The molecule has 1 fully saturated rings. The summed E-state index contributed by atoms with van der Waals surface area (Å²) in [5, 5.41) is 9.44. The molecule has 3 rings (SSSR count). The number of carbonyl (C=O) groups is 1. The van der Waals surface area contributed by atoms with E-state index in [1.165, 1.54) is 0 Å². The number of hydrogen-bond donors (Lipinski definition) is 1. The van der Waals surface area contributed by atoms with Gasteiger partial charge in [0, 0.05) is 25.4 Å². The second-order valence-electron chi connectivity index (χ2n) is 5.33. The Kier molecular flexibility index (Phi) is 3.22. The van der Waals surface area contributed by atoms with Crippen molar-refractivity contribution in [2.45, 2.75) is 18.9 Å². The summed E-state index contributed by atoms with van der Waals surface area (Å²) in [6.07, 6.45) is 2.50. The molecule has 0 aliphatic heterocycles. The molecule has 20 heavy (non-hydrogen) atoms. The second-order valence-corrected chi connectivity index (χ2v) is 5.33. The lowest BCUT2D eigenvalue weighted by molar-refractivity contribution is -0.131. The van der Waals surface area contributed by atoms with E-state index < -0.39 is 0 Å². The minimum absolute atomic E-state index is 0.0310. The van der Waals surface area contributed by atoms with Crippen LogP contribution in [0.1, 0.15) is 23.7 Å². The molecule has 1 aromatic heterocycles. The van der Waals surface area contributed by atoms with Crippen LogP contribution in [0.5, 0.6) is 5.75 Å². The zero-order valence-electron chi connectivity index (χ0n) is 11.3. The topological polar surface area (TPSA) is 53.7 Å². The van der Waals surface area contributed by atoms with Crippen molar-refractivity contribution >= 4 is 5.91 Å². The third-order valence-corrected chi connectivity index (χ3v) is 3.72. The first-order valence-corrected chi connectivity index (χ1v) is 6.71. The van der Waals surface area contributed by atoms with Crippen molar-refractivity contribution in [3.05, 3.63) is 54.0 Å². The van der Waals surface area contributed by atoms with E-state index in [-0.39, 0.29) is 23.5 Å². The van der Waals surface area contributed by atoms with Crippen LogP contribution in [-0.2, 0) is 11.3 Å². The maximum atomic E-state index is 12.3. The smallest absolute Gasteiger partial charge is 0.226 e. The molecular formula is C16H17NO3. The fraction of sp³-hybridized carbons (Fsp3) is 0.312. The van der Waals surface area contributed by atoms with Crippen molar-refractivity contribution in [1.29, 1.82) is 0 Å². The Labute approximate surface area is 117 Å². The molecule has 1 aromatic carbocycles. The first kappa shape index (κ1) is 12.8. The number of phenolic OH excluding ortho intramolecular Hbond substituents is 1. The summed E-state index contributed by atoms with van der Waals surface area (Å²) in [7, 11) is 1.80. The number of benzene rings is 1. The van der Waals surface area contributed by atoms with Gasteiger partial charge in [0.15, 0.2) is 0 Å². The van der Waals surface area contributed by atoms with E-state index in [0.29, 0.717) is 6.54 Å². The number of carbonyl (C=O) groups excluding carboxylic acids is 1. The van der Waals surface area contributed by atoms with E-state index in [9.17, 15) is 9.90 Å². The molecule has 4 heteroatoms. The van der Waals surface area contributed by atoms with E-state index in [2.05, 4.69) is 0 Å². The zero-order valence-corrected chi connectivity index (χ0v) is 11.3. The van der Waals surface area contributed by atoms with Crippen LogP contribution in [0.2, 0.25) is 0 Å². The Bertz CT molecular complexity index is 606. The molecule has 1 amide bonds. The summed E-state index contributed by atoms with van der Waals surface area (Å²) in [6.45, 7) is 0.509. The number of phenols is 1. The average Bonchev–Trinajstić information content (AvgIpc) is 3.03. The van der Waals surface area contributed by atoms with Crippen molar-refractivity contribution < 1.29 is 14.3 Å². The van der Waals surface area contributed by atoms with Crippen LogP contribution in [0.15, 0.2) is 47.1 Å². The Morgan fingerprint density at radius 1 is 1.40 bits per heavy atom. The van der Waals surface area contributed by atoms with Crippen molar-refractivity contribution in [1.82, 2.24) is 4.90 Å². The minimum Gasteiger partial charge on any atom is -0.508 e. The van der Waals surface area contributed by atoms with E-state index in [4.69, 9.17) is 4.42 Å². The van der Waals surface area contributed by atoms with Crippen LogP contribution in [-0.4, -0.2) is 23.0 Å². The number of hydrogen-bond acceptors (Lipinski definition) is 3. The number of nitrogens with zero attached hydrogens (tertiary/aromatic N) is 1. The summed E-state index contributed by atoms with van der Waals surface area (Å²) in [5.74, 6) is 1.51. The minimum atomic E-state index is 0.0310. The highest BCUT2D eigenvalue weighted by Crippen LogP contribution is 2.48. The molecule has 4 nitrogen and oxygen atoms in total. The van der Waals surface area contributed by atoms with E-state index in [1.54, 1.807) is 36.4 Å². The van der Waals surface area contributed by atoms with Crippen LogP contribution in [0.25, 0.3) is 0 Å². The first-order valence-electron chi connectivity index (χ1n) is 6.71. The predicted molar refractivity (Wildman–Crippen MR) is 74.1 cm³/mol. The zero-order chi connectivity index (χ0) is 14.1. The number of rotatable bonds is 4. The van der Waals surface area contributed by atoms with Crippen molar-refractivity contribution in [2.24, 2.45) is 5.92 Å². The molecule has 0 saturated heterocycles. The molecule has 1 aliphatic rings. The van der Waals surface area contributed by atoms with Gasteiger partial charge in [0.25, 0.3) is 0 Å². The molecule has 1 saturated carbocycles. The average molecular weight is 271 g/mol. The van der Waals surface area contributed by atoms with E-state index in [0.717, 1.165) is 17.7 Å². The molecule has 0 spiro atoms. The summed E-state index contributed by atoms with van der Waals surface area (Å²) in [5.41, 5.74) is 0.927. The fourth-order valence-electron chi connectivity index (χ4n) is 2.57. The van der Waals surface area contributed by atoms with Crippen molar-refractivity contribution in [3.63, 3.8) is 0 Å². The van der Waals surface area contributed by atoms with Crippen LogP contribution < -0.4 is 0 Å². The van der Waals surface area contributed by atoms with Gasteiger partial charge in [-0.15, -0.1) is 0 Å². The van der Waals surface area contributed by atoms with Crippen molar-refractivity contribution in [3.8, 4) is 5.75 Å². The summed E-state index contributed by atoms with van der Waals surface area (Å²) in [6, 6.07) is 10.8. The summed E-state index contributed by atoms with van der Waals surface area (Å²) < 4.78 is 5.35. The normalized spacial score (nSPS) is 20.6. The van der Waals surface area contributed by atoms with E-state index >= 15 is 0 Å². The SMILES string of the molecule is CN(Cc1cccc(O)c1)C(=O)[C@@H]1C[C@@H]1c1ccco1. The first-order chi connectivity index (χ1) is 9.65. The van der Waals surface area contributed by atoms with Gasteiger partial charge in [-0.05, 0) is 36.2 Å². The summed E-state index contributed by atoms with van der Waals surface area (Å²) >= 11 is 0. The standard InChI is InChI=1S/C16H17NO3/c1-17(10-11-4-2-5-12(18)8-11)16(19)14-9-13(14)15-6-3-7-20-15/h2-8,13-14,18H,9-10H2,1H3/t13-,14+/m0/s1. The molecular weight excluding hydrogens is 254 g/mol. The Morgan fingerprint density at radius 3 is 2.95 bits per heavy atom. The maximum Gasteiger partial charge on any atom is 0.226 e. The second kappa shape index (κ2) is 5.04. The highest BCUT2D eigenvalue weighted by atomic mass is 16.3. The van der Waals surface area contributed by atoms with Gasteiger partial charge in [-0.2, -0.15) is 0 Å². The lowest BCUT2D eigenvalue weighted by Crippen LogP contribution is -2.28. The third kappa shape index (κ3) is 2.54. The van der Waals surface area contributed by atoms with Crippen LogP contribution in [0.3, 0.4) is 0 Å². The molecule has 1 aliphatic carbocycles. The molecule has 1 N–H and O–H groups in total. The van der Waals surface area contributed by atoms with Crippen LogP contribution in [0.4, 0.5) is 0 Å². The molecule has 0 unspecified atom stereocenters. The van der Waals surface area contributed by atoms with Gasteiger partial charge in [0.05, 0.1) is 6.26 Å². The molecule has 0 bridgehead atoms. The summed E-state index contributed by atoms with van der Waals surface area (Å²) in [4.78, 5) is 14.0. The predicted octanol–water partition coefficient (Wildman–Crippen LogP) is 2.75. The van der Waals surface area contributed by atoms with Gasteiger partial charge in [0.1, 0.15) is 11.5 Å². The number of furan rings is 1. The quantitative estimate of drug-likeness (QED) is 0.930. The maximum absolute atomic E-state index is 12.3. The Balaban J connectivity index is 1.61. The molecule has 104 valence electrons. The van der Waals surface area contributed by atoms with Gasteiger partial charge in [-0.3, -0.25) is 4.79 Å². The Morgan fingerprint density at radius 2 is 2.25 bits per heavy atom. The molecule has 2 aromatic rings. The van der Waals surface area contributed by atoms with Gasteiger partial charge in [-0.1, -0.05) is 12.1 Å². The van der Waals surface area contributed by atoms with Crippen LogP contribution in [0, 0.1) is 5.92 Å². The van der Waals surface area contributed by atoms with Crippen molar-refractivity contribution in [2.75, 3.05) is 7.05 Å². The lowest BCUT2D eigenvalue weighted by atomic mass is 10.2. The highest BCUT2D eigenvalue weighted by molar-refractivity contribution is 5.82. The fourth-order valence-corrected chi connectivity index (χ4v) is 2.57.